The Morgan fingerprint density at radius 2 is 2.17 bits per heavy atom. The van der Waals surface area contributed by atoms with Crippen molar-refractivity contribution in [3.8, 4) is 22.8 Å². The van der Waals surface area contributed by atoms with Gasteiger partial charge in [-0.1, -0.05) is 6.07 Å². The van der Waals surface area contributed by atoms with Crippen LogP contribution >= 0.6 is 0 Å². The van der Waals surface area contributed by atoms with E-state index in [1.165, 1.54) is 0 Å². The molecule has 2 aromatic rings. The quantitative estimate of drug-likeness (QED) is 0.691. The predicted octanol–water partition coefficient (Wildman–Crippen LogP) is 2.09. The van der Waals surface area contributed by atoms with E-state index in [-0.39, 0.29) is 11.6 Å². The van der Waals surface area contributed by atoms with Gasteiger partial charge in [-0.3, -0.25) is 0 Å². The third-order valence-electron chi connectivity index (χ3n) is 4.34. The van der Waals surface area contributed by atoms with Crippen LogP contribution in [-0.4, -0.2) is 30.3 Å². The van der Waals surface area contributed by atoms with Crippen molar-refractivity contribution in [2.75, 3.05) is 31.7 Å². The fraction of sp³-hybridized carbons (Fsp3) is 0.353. The number of piperidine rings is 1. The van der Waals surface area contributed by atoms with E-state index in [9.17, 15) is 5.11 Å². The van der Waals surface area contributed by atoms with Gasteiger partial charge in [-0.25, -0.2) is 4.98 Å². The van der Waals surface area contributed by atoms with Crippen molar-refractivity contribution >= 4 is 11.5 Å². The Labute approximate surface area is 135 Å². The number of hydrogen-bond donors (Lipinski definition) is 4. The topological polar surface area (TPSA) is 106 Å². The fourth-order valence-electron chi connectivity index (χ4n) is 3.13. The summed E-state index contributed by atoms with van der Waals surface area (Å²) in [6, 6.07) is 7.03. The minimum atomic E-state index is 0.105. The normalized spacial score (nSPS) is 17.9. The van der Waals surface area contributed by atoms with Gasteiger partial charge in [0.25, 0.3) is 0 Å². The highest BCUT2D eigenvalue weighted by atomic mass is 16.5. The van der Waals surface area contributed by atoms with Crippen LogP contribution < -0.4 is 21.5 Å². The standard InChI is InChI=1S/C17H22N4O2/c1-23-14-6-2-5-13(22)15(14)12-8-11(16(18)17(19)21-12)10-4-3-7-20-9-10/h2,5-6,8,10,20,22H,3-4,7,9,18H2,1H3,(H2,19,21). The molecule has 6 heteroatoms. The molecule has 1 aromatic carbocycles. The summed E-state index contributed by atoms with van der Waals surface area (Å²) in [5.41, 5.74) is 14.8. The molecule has 122 valence electrons. The molecule has 0 saturated carbocycles. The fourth-order valence-corrected chi connectivity index (χ4v) is 3.13. The molecule has 1 unspecified atom stereocenters. The van der Waals surface area contributed by atoms with E-state index in [0.29, 0.717) is 28.6 Å². The number of anilines is 2. The van der Waals surface area contributed by atoms with Crippen LogP contribution in [0.15, 0.2) is 24.3 Å². The molecule has 6 N–H and O–H groups in total. The molecular weight excluding hydrogens is 292 g/mol. The summed E-state index contributed by atoms with van der Waals surface area (Å²) >= 11 is 0. The minimum absolute atomic E-state index is 0.105. The largest absolute Gasteiger partial charge is 0.507 e. The first-order valence-electron chi connectivity index (χ1n) is 7.74. The molecule has 0 radical (unpaired) electrons. The summed E-state index contributed by atoms with van der Waals surface area (Å²) in [6.45, 7) is 1.89. The van der Waals surface area contributed by atoms with Crippen LogP contribution in [0, 0.1) is 0 Å². The van der Waals surface area contributed by atoms with Crippen molar-refractivity contribution in [3.05, 3.63) is 29.8 Å². The van der Waals surface area contributed by atoms with Crippen molar-refractivity contribution in [1.82, 2.24) is 10.3 Å². The lowest BCUT2D eigenvalue weighted by molar-refractivity contribution is 0.410. The molecule has 2 heterocycles. The smallest absolute Gasteiger partial charge is 0.147 e. The molecule has 0 amide bonds. The summed E-state index contributed by atoms with van der Waals surface area (Å²) in [5.74, 6) is 1.24. The number of phenols is 1. The van der Waals surface area contributed by atoms with E-state index in [1.54, 1.807) is 25.3 Å². The van der Waals surface area contributed by atoms with Gasteiger partial charge >= 0.3 is 0 Å². The number of methoxy groups -OCH3 is 1. The van der Waals surface area contributed by atoms with Crippen molar-refractivity contribution in [1.29, 1.82) is 0 Å². The molecule has 23 heavy (non-hydrogen) atoms. The Morgan fingerprint density at radius 1 is 1.35 bits per heavy atom. The SMILES string of the molecule is COc1cccc(O)c1-c1cc(C2CCCNC2)c(N)c(N)n1. The van der Waals surface area contributed by atoms with E-state index in [2.05, 4.69) is 10.3 Å². The van der Waals surface area contributed by atoms with Crippen molar-refractivity contribution in [3.63, 3.8) is 0 Å². The zero-order valence-electron chi connectivity index (χ0n) is 13.2. The van der Waals surface area contributed by atoms with Crippen LogP contribution in [0.5, 0.6) is 11.5 Å². The van der Waals surface area contributed by atoms with Crippen LogP contribution in [0.25, 0.3) is 11.3 Å². The van der Waals surface area contributed by atoms with Gasteiger partial charge in [-0.15, -0.1) is 0 Å². The number of nitrogen functional groups attached to an aromatic ring is 2. The van der Waals surface area contributed by atoms with Crippen molar-refractivity contribution in [2.24, 2.45) is 0 Å². The number of pyridine rings is 1. The van der Waals surface area contributed by atoms with Gasteiger partial charge in [0, 0.05) is 6.54 Å². The maximum absolute atomic E-state index is 10.2. The van der Waals surface area contributed by atoms with Gasteiger partial charge in [-0.05, 0) is 49.1 Å². The number of rotatable bonds is 3. The first-order chi connectivity index (χ1) is 11.1. The van der Waals surface area contributed by atoms with Gasteiger partial charge < -0.3 is 26.6 Å². The first-order valence-corrected chi connectivity index (χ1v) is 7.74. The Kier molecular flexibility index (Phi) is 4.25. The van der Waals surface area contributed by atoms with Crippen LogP contribution in [0.4, 0.5) is 11.5 Å². The number of phenolic OH excluding ortho intramolecular Hbond substituents is 1. The van der Waals surface area contributed by atoms with E-state index in [1.807, 2.05) is 6.07 Å². The number of nitrogens with zero attached hydrogens (tertiary/aromatic N) is 1. The number of aromatic hydroxyl groups is 1. The second kappa shape index (κ2) is 6.34. The first kappa shape index (κ1) is 15.4. The molecule has 0 aliphatic carbocycles. The summed E-state index contributed by atoms with van der Waals surface area (Å²) in [6.07, 6.45) is 2.15. The maximum atomic E-state index is 10.2. The van der Waals surface area contributed by atoms with E-state index in [4.69, 9.17) is 16.2 Å². The lowest BCUT2D eigenvalue weighted by Crippen LogP contribution is -2.29. The maximum Gasteiger partial charge on any atom is 0.147 e. The van der Waals surface area contributed by atoms with E-state index in [0.717, 1.165) is 31.5 Å². The number of ether oxygens (including phenoxy) is 1. The Balaban J connectivity index is 2.12. The second-order valence-electron chi connectivity index (χ2n) is 5.79. The Bertz CT molecular complexity index is 712. The number of benzene rings is 1. The van der Waals surface area contributed by atoms with Crippen LogP contribution in [0.3, 0.4) is 0 Å². The Hall–Kier alpha value is -2.47. The highest BCUT2D eigenvalue weighted by Gasteiger charge is 2.22. The molecule has 6 nitrogen and oxygen atoms in total. The molecule has 0 bridgehead atoms. The average molecular weight is 314 g/mol. The van der Waals surface area contributed by atoms with Gasteiger partial charge in [0.05, 0.1) is 24.1 Å². The number of aromatic nitrogens is 1. The van der Waals surface area contributed by atoms with Gasteiger partial charge in [0.2, 0.25) is 0 Å². The summed E-state index contributed by atoms with van der Waals surface area (Å²) < 4.78 is 5.35. The third-order valence-corrected chi connectivity index (χ3v) is 4.34. The molecule has 1 aliphatic heterocycles. The number of nitrogens with one attached hydrogen (secondary N) is 1. The molecule has 3 rings (SSSR count). The highest BCUT2D eigenvalue weighted by Crippen LogP contribution is 2.40. The molecule has 1 fully saturated rings. The van der Waals surface area contributed by atoms with Crippen molar-refractivity contribution < 1.29 is 9.84 Å². The average Bonchev–Trinajstić information content (AvgIpc) is 2.57. The lowest BCUT2D eigenvalue weighted by Gasteiger charge is -2.25. The third kappa shape index (κ3) is 2.90. The van der Waals surface area contributed by atoms with Crippen LogP contribution in [-0.2, 0) is 0 Å². The number of hydrogen-bond acceptors (Lipinski definition) is 6. The highest BCUT2D eigenvalue weighted by molar-refractivity contribution is 5.78. The summed E-state index contributed by atoms with van der Waals surface area (Å²) in [7, 11) is 1.56. The summed E-state index contributed by atoms with van der Waals surface area (Å²) in [4.78, 5) is 4.36. The molecule has 1 aliphatic rings. The molecule has 1 saturated heterocycles. The van der Waals surface area contributed by atoms with E-state index < -0.39 is 0 Å². The van der Waals surface area contributed by atoms with Gasteiger partial charge in [0.1, 0.15) is 17.3 Å². The van der Waals surface area contributed by atoms with Crippen LogP contribution in [0.1, 0.15) is 24.3 Å². The van der Waals surface area contributed by atoms with Crippen LogP contribution in [0.2, 0.25) is 0 Å². The molecular formula is C17H22N4O2. The lowest BCUT2D eigenvalue weighted by atomic mass is 9.89. The monoisotopic (exact) mass is 314 g/mol. The Morgan fingerprint density at radius 3 is 2.87 bits per heavy atom. The molecule has 1 atom stereocenters. The zero-order chi connectivity index (χ0) is 16.4. The second-order valence-corrected chi connectivity index (χ2v) is 5.79. The minimum Gasteiger partial charge on any atom is -0.507 e. The van der Waals surface area contributed by atoms with E-state index >= 15 is 0 Å². The van der Waals surface area contributed by atoms with Gasteiger partial charge in [-0.2, -0.15) is 0 Å². The summed E-state index contributed by atoms with van der Waals surface area (Å²) in [5, 5.41) is 13.6. The molecule has 0 spiro atoms. The predicted molar refractivity (Wildman–Crippen MR) is 91.6 cm³/mol. The number of nitrogens with two attached hydrogens (primary N) is 2. The van der Waals surface area contributed by atoms with Crippen molar-refractivity contribution in [2.45, 2.75) is 18.8 Å². The molecule has 1 aromatic heterocycles. The van der Waals surface area contributed by atoms with Gasteiger partial charge in [0.15, 0.2) is 0 Å². The zero-order valence-corrected chi connectivity index (χ0v) is 13.2.